The lowest BCUT2D eigenvalue weighted by atomic mass is 10.0. The second-order valence-electron chi connectivity index (χ2n) is 6.93. The van der Waals surface area contributed by atoms with Crippen molar-refractivity contribution in [3.05, 3.63) is 78.4 Å². The highest BCUT2D eigenvalue weighted by Gasteiger charge is 2.10. The van der Waals surface area contributed by atoms with Gasteiger partial charge in [-0.05, 0) is 47.4 Å². The van der Waals surface area contributed by atoms with Gasteiger partial charge in [0.05, 0.1) is 5.52 Å². The van der Waals surface area contributed by atoms with E-state index in [-0.39, 0.29) is 5.91 Å². The molecule has 0 aliphatic heterocycles. The standard InChI is InChI=1S/C24H23N3O2/c1-2-6-23(28)25-24-21-14-11-19(15-22(21)26-27-24)18-9-12-20(13-10-18)29-16-17-7-4-3-5-8-17/h3-5,7-15H,2,6,16H2,1H3,(H2,25,26,27,28). The molecule has 1 amide bonds. The van der Waals surface area contributed by atoms with Gasteiger partial charge in [-0.3, -0.25) is 9.89 Å². The van der Waals surface area contributed by atoms with E-state index in [0.717, 1.165) is 39.8 Å². The lowest BCUT2D eigenvalue weighted by Gasteiger charge is -2.08. The number of carbonyl (C=O) groups excluding carboxylic acids is 1. The van der Waals surface area contributed by atoms with Crippen LogP contribution >= 0.6 is 0 Å². The molecule has 0 saturated heterocycles. The molecular weight excluding hydrogens is 362 g/mol. The van der Waals surface area contributed by atoms with E-state index in [1.54, 1.807) is 0 Å². The van der Waals surface area contributed by atoms with Gasteiger partial charge in [0.25, 0.3) is 0 Å². The lowest BCUT2D eigenvalue weighted by molar-refractivity contribution is -0.116. The van der Waals surface area contributed by atoms with Gasteiger partial charge in [-0.1, -0.05) is 55.5 Å². The Bertz CT molecular complexity index is 1100. The van der Waals surface area contributed by atoms with Gasteiger partial charge in [0.2, 0.25) is 5.91 Å². The van der Waals surface area contributed by atoms with E-state index in [9.17, 15) is 4.79 Å². The summed E-state index contributed by atoms with van der Waals surface area (Å²) in [6.45, 7) is 2.53. The Morgan fingerprint density at radius 2 is 1.76 bits per heavy atom. The van der Waals surface area contributed by atoms with Crippen LogP contribution in [0.1, 0.15) is 25.3 Å². The fourth-order valence-corrected chi connectivity index (χ4v) is 3.20. The van der Waals surface area contributed by atoms with Crippen LogP contribution in [0.3, 0.4) is 0 Å². The first-order chi connectivity index (χ1) is 14.2. The van der Waals surface area contributed by atoms with Crippen LogP contribution in [0.25, 0.3) is 22.0 Å². The third kappa shape index (κ3) is 4.46. The fourth-order valence-electron chi connectivity index (χ4n) is 3.20. The molecule has 0 radical (unpaired) electrons. The van der Waals surface area contributed by atoms with Crippen molar-refractivity contribution in [2.75, 3.05) is 5.32 Å². The number of benzene rings is 3. The minimum atomic E-state index is -0.0175. The first kappa shape index (κ1) is 18.7. The molecule has 4 aromatic rings. The van der Waals surface area contributed by atoms with Gasteiger partial charge in [0.1, 0.15) is 12.4 Å². The largest absolute Gasteiger partial charge is 0.489 e. The van der Waals surface area contributed by atoms with Crippen molar-refractivity contribution in [3.63, 3.8) is 0 Å². The zero-order valence-corrected chi connectivity index (χ0v) is 16.3. The van der Waals surface area contributed by atoms with Crippen molar-refractivity contribution >= 4 is 22.6 Å². The van der Waals surface area contributed by atoms with Crippen LogP contribution in [-0.4, -0.2) is 16.1 Å². The topological polar surface area (TPSA) is 67.0 Å². The maximum Gasteiger partial charge on any atom is 0.225 e. The van der Waals surface area contributed by atoms with E-state index in [1.165, 1.54) is 0 Å². The molecule has 1 heterocycles. The summed E-state index contributed by atoms with van der Waals surface area (Å²) in [6, 6.07) is 24.2. The Morgan fingerprint density at radius 3 is 2.52 bits per heavy atom. The molecule has 0 fully saturated rings. The average molecular weight is 385 g/mol. The molecule has 4 rings (SSSR count). The van der Waals surface area contributed by atoms with Crippen LogP contribution in [0.4, 0.5) is 5.82 Å². The zero-order valence-electron chi connectivity index (χ0n) is 16.3. The predicted octanol–water partition coefficient (Wildman–Crippen LogP) is 5.55. The van der Waals surface area contributed by atoms with Gasteiger partial charge in [-0.15, -0.1) is 0 Å². The van der Waals surface area contributed by atoms with Gasteiger partial charge in [-0.2, -0.15) is 5.10 Å². The number of aromatic nitrogens is 2. The van der Waals surface area contributed by atoms with E-state index in [4.69, 9.17) is 4.74 Å². The summed E-state index contributed by atoms with van der Waals surface area (Å²) in [4.78, 5) is 11.8. The summed E-state index contributed by atoms with van der Waals surface area (Å²) in [5.74, 6) is 1.40. The van der Waals surface area contributed by atoms with Crippen molar-refractivity contribution in [1.82, 2.24) is 10.2 Å². The van der Waals surface area contributed by atoms with E-state index in [1.807, 2.05) is 79.7 Å². The molecule has 0 spiro atoms. The Balaban J connectivity index is 1.47. The van der Waals surface area contributed by atoms with Crippen molar-refractivity contribution < 1.29 is 9.53 Å². The Hall–Kier alpha value is -3.60. The number of hydrogen-bond acceptors (Lipinski definition) is 3. The number of nitrogens with zero attached hydrogens (tertiary/aromatic N) is 1. The van der Waals surface area contributed by atoms with Crippen molar-refractivity contribution in [3.8, 4) is 16.9 Å². The second kappa shape index (κ2) is 8.61. The molecule has 29 heavy (non-hydrogen) atoms. The van der Waals surface area contributed by atoms with Gasteiger partial charge in [0, 0.05) is 11.8 Å². The number of carbonyl (C=O) groups is 1. The Labute approximate surface area is 169 Å². The third-order valence-corrected chi connectivity index (χ3v) is 4.73. The molecule has 146 valence electrons. The average Bonchev–Trinajstić information content (AvgIpc) is 3.15. The van der Waals surface area contributed by atoms with Crippen molar-refractivity contribution in [2.45, 2.75) is 26.4 Å². The molecule has 5 heteroatoms. The number of hydrogen-bond donors (Lipinski definition) is 2. The zero-order chi connectivity index (χ0) is 20.1. The molecule has 0 atom stereocenters. The van der Waals surface area contributed by atoms with Crippen molar-refractivity contribution in [2.24, 2.45) is 0 Å². The van der Waals surface area contributed by atoms with E-state index < -0.39 is 0 Å². The Morgan fingerprint density at radius 1 is 1.00 bits per heavy atom. The van der Waals surface area contributed by atoms with Crippen LogP contribution < -0.4 is 10.1 Å². The summed E-state index contributed by atoms with van der Waals surface area (Å²) in [5.41, 5.74) is 4.19. The van der Waals surface area contributed by atoms with Crippen LogP contribution in [0, 0.1) is 0 Å². The summed E-state index contributed by atoms with van der Waals surface area (Å²) in [6.07, 6.45) is 1.30. The van der Waals surface area contributed by atoms with Gasteiger partial charge >= 0.3 is 0 Å². The molecule has 1 aromatic heterocycles. The summed E-state index contributed by atoms with van der Waals surface area (Å²) in [7, 11) is 0. The van der Waals surface area contributed by atoms with Crippen molar-refractivity contribution in [1.29, 1.82) is 0 Å². The molecule has 5 nitrogen and oxygen atoms in total. The summed E-state index contributed by atoms with van der Waals surface area (Å²) >= 11 is 0. The van der Waals surface area contributed by atoms with Gasteiger partial charge < -0.3 is 10.1 Å². The second-order valence-corrected chi connectivity index (χ2v) is 6.93. The monoisotopic (exact) mass is 385 g/mol. The first-order valence-corrected chi connectivity index (χ1v) is 9.78. The lowest BCUT2D eigenvalue weighted by Crippen LogP contribution is -2.10. The predicted molar refractivity (Wildman–Crippen MR) is 116 cm³/mol. The van der Waals surface area contributed by atoms with E-state index in [2.05, 4.69) is 15.5 Å². The SMILES string of the molecule is CCCC(=O)Nc1n[nH]c2cc(-c3ccc(OCc4ccccc4)cc3)ccc12. The molecule has 0 unspecified atom stereocenters. The smallest absolute Gasteiger partial charge is 0.225 e. The molecule has 0 bridgehead atoms. The highest BCUT2D eigenvalue weighted by Crippen LogP contribution is 2.28. The maximum atomic E-state index is 11.8. The molecule has 0 saturated carbocycles. The highest BCUT2D eigenvalue weighted by molar-refractivity contribution is 6.00. The first-order valence-electron chi connectivity index (χ1n) is 9.78. The molecular formula is C24H23N3O2. The third-order valence-electron chi connectivity index (χ3n) is 4.73. The Kier molecular flexibility index (Phi) is 5.56. The number of amides is 1. The number of nitrogens with one attached hydrogen (secondary N) is 2. The van der Waals surface area contributed by atoms with Gasteiger partial charge in [0.15, 0.2) is 5.82 Å². The van der Waals surface area contributed by atoms with E-state index in [0.29, 0.717) is 18.8 Å². The normalized spacial score (nSPS) is 10.8. The number of ether oxygens (including phenoxy) is 1. The maximum absolute atomic E-state index is 11.8. The quantitative estimate of drug-likeness (QED) is 0.438. The summed E-state index contributed by atoms with van der Waals surface area (Å²) in [5, 5.41) is 11.0. The fraction of sp³-hybridized carbons (Fsp3) is 0.167. The number of H-pyrrole nitrogens is 1. The molecule has 0 aliphatic rings. The van der Waals surface area contributed by atoms with Crippen LogP contribution in [0.2, 0.25) is 0 Å². The minimum absolute atomic E-state index is 0.0175. The highest BCUT2D eigenvalue weighted by atomic mass is 16.5. The number of aromatic amines is 1. The van der Waals surface area contributed by atoms with Gasteiger partial charge in [-0.25, -0.2) is 0 Å². The molecule has 0 aliphatic carbocycles. The molecule has 2 N–H and O–H groups in total. The number of rotatable bonds is 7. The van der Waals surface area contributed by atoms with E-state index >= 15 is 0 Å². The number of anilines is 1. The number of fused-ring (bicyclic) bond motifs is 1. The minimum Gasteiger partial charge on any atom is -0.489 e. The van der Waals surface area contributed by atoms with Crippen LogP contribution in [-0.2, 0) is 11.4 Å². The van der Waals surface area contributed by atoms with Crippen LogP contribution in [0.15, 0.2) is 72.8 Å². The molecule has 3 aromatic carbocycles. The van der Waals surface area contributed by atoms with Crippen LogP contribution in [0.5, 0.6) is 5.75 Å². The summed E-state index contributed by atoms with van der Waals surface area (Å²) < 4.78 is 5.86.